The third-order valence-corrected chi connectivity index (χ3v) is 4.84. The predicted octanol–water partition coefficient (Wildman–Crippen LogP) is 6.51. The fourth-order valence-electron chi connectivity index (χ4n) is 3.26. The van der Waals surface area contributed by atoms with Crippen LogP contribution in [0.3, 0.4) is 0 Å². The van der Waals surface area contributed by atoms with Gasteiger partial charge < -0.3 is 14.5 Å². The molecule has 1 aromatic heterocycles. The number of carbonyl (C=O) groups excluding carboxylic acids is 1. The molecule has 0 radical (unpaired) electrons. The van der Waals surface area contributed by atoms with Crippen LogP contribution < -0.4 is 10.1 Å². The van der Waals surface area contributed by atoms with E-state index in [2.05, 4.69) is 24.0 Å². The summed E-state index contributed by atoms with van der Waals surface area (Å²) < 4.78 is 11.5. The lowest BCUT2D eigenvalue weighted by Gasteiger charge is -2.09. The second-order valence-corrected chi connectivity index (χ2v) is 7.05. The minimum Gasteiger partial charge on any atom is -0.485 e. The molecule has 4 nitrogen and oxygen atoms in total. The van der Waals surface area contributed by atoms with Crippen molar-refractivity contribution in [3.05, 3.63) is 121 Å². The van der Waals surface area contributed by atoms with E-state index in [-0.39, 0.29) is 18.3 Å². The van der Waals surface area contributed by atoms with Crippen molar-refractivity contribution in [1.82, 2.24) is 0 Å². The fraction of sp³-hybridized carbons (Fsp3) is 0.0741. The van der Waals surface area contributed by atoms with E-state index in [0.717, 1.165) is 28.9 Å². The Balaban J connectivity index is 1.37. The van der Waals surface area contributed by atoms with E-state index in [9.17, 15) is 4.79 Å². The average Bonchev–Trinajstić information content (AvgIpc) is 3.29. The molecule has 1 heterocycles. The molecule has 0 saturated heterocycles. The molecule has 4 rings (SSSR count). The number of rotatable bonds is 8. The molecule has 0 aliphatic carbocycles. The first-order valence-electron chi connectivity index (χ1n) is 10.1. The van der Waals surface area contributed by atoms with Crippen molar-refractivity contribution in [2.24, 2.45) is 0 Å². The number of para-hydroxylation sites is 1. The molecule has 154 valence electrons. The molecular weight excluding hydrogens is 386 g/mol. The maximum Gasteiger partial charge on any atom is 0.291 e. The molecule has 0 unspecified atom stereocenters. The van der Waals surface area contributed by atoms with E-state index in [1.807, 2.05) is 72.8 Å². The zero-order valence-electron chi connectivity index (χ0n) is 17.1. The highest BCUT2D eigenvalue weighted by Crippen LogP contribution is 2.23. The number of anilines is 1. The summed E-state index contributed by atoms with van der Waals surface area (Å²) in [6.45, 7) is 4.02. The molecule has 4 heteroatoms. The second kappa shape index (κ2) is 9.63. The number of furan rings is 1. The van der Waals surface area contributed by atoms with Gasteiger partial charge in [0, 0.05) is 5.69 Å². The van der Waals surface area contributed by atoms with Crippen molar-refractivity contribution in [2.45, 2.75) is 13.0 Å². The van der Waals surface area contributed by atoms with Gasteiger partial charge in [-0.2, -0.15) is 0 Å². The summed E-state index contributed by atoms with van der Waals surface area (Å²) in [4.78, 5) is 12.5. The lowest BCUT2D eigenvalue weighted by molar-refractivity contribution is 0.0992. The number of hydrogen-bond acceptors (Lipinski definition) is 3. The van der Waals surface area contributed by atoms with Gasteiger partial charge >= 0.3 is 0 Å². The van der Waals surface area contributed by atoms with Crippen molar-refractivity contribution in [3.8, 4) is 16.9 Å². The van der Waals surface area contributed by atoms with Gasteiger partial charge in [-0.1, -0.05) is 66.7 Å². The Hall–Kier alpha value is -4.05. The van der Waals surface area contributed by atoms with E-state index >= 15 is 0 Å². The van der Waals surface area contributed by atoms with E-state index in [1.165, 1.54) is 0 Å². The highest BCUT2D eigenvalue weighted by molar-refractivity contribution is 6.02. The maximum absolute atomic E-state index is 12.5. The summed E-state index contributed by atoms with van der Waals surface area (Å²) in [5, 5.41) is 2.87. The zero-order valence-corrected chi connectivity index (χ0v) is 17.1. The zero-order chi connectivity index (χ0) is 21.5. The monoisotopic (exact) mass is 409 g/mol. The topological polar surface area (TPSA) is 51.5 Å². The van der Waals surface area contributed by atoms with Crippen LogP contribution in [0.15, 0.2) is 108 Å². The second-order valence-electron chi connectivity index (χ2n) is 7.05. The van der Waals surface area contributed by atoms with Gasteiger partial charge in [-0.3, -0.25) is 4.79 Å². The summed E-state index contributed by atoms with van der Waals surface area (Å²) in [7, 11) is 0. The standard InChI is InChI=1S/C27H23NO3/c1-2-8-22-11-6-7-12-25(22)30-19-24-17-18-26(31-24)27(29)28-23-15-13-21(14-16-23)20-9-4-3-5-10-20/h2-7,9-18H,1,8,19H2,(H,28,29). The van der Waals surface area contributed by atoms with E-state index < -0.39 is 0 Å². The van der Waals surface area contributed by atoms with Gasteiger partial charge in [0.05, 0.1) is 0 Å². The molecule has 1 amide bonds. The van der Waals surface area contributed by atoms with Crippen molar-refractivity contribution < 1.29 is 13.9 Å². The first-order valence-corrected chi connectivity index (χ1v) is 10.1. The Bertz CT molecular complexity index is 1160. The van der Waals surface area contributed by atoms with Crippen LogP contribution in [-0.2, 0) is 13.0 Å². The summed E-state index contributed by atoms with van der Waals surface area (Å²) in [6.07, 6.45) is 2.56. The van der Waals surface area contributed by atoms with Gasteiger partial charge in [-0.15, -0.1) is 6.58 Å². The smallest absolute Gasteiger partial charge is 0.291 e. The van der Waals surface area contributed by atoms with E-state index in [1.54, 1.807) is 12.1 Å². The van der Waals surface area contributed by atoms with E-state index in [0.29, 0.717) is 11.4 Å². The highest BCUT2D eigenvalue weighted by Gasteiger charge is 2.12. The number of hydrogen-bond donors (Lipinski definition) is 1. The van der Waals surface area contributed by atoms with Crippen molar-refractivity contribution in [1.29, 1.82) is 0 Å². The van der Waals surface area contributed by atoms with Gasteiger partial charge in [0.1, 0.15) is 18.1 Å². The average molecular weight is 409 g/mol. The normalized spacial score (nSPS) is 10.5. The molecule has 0 fully saturated rings. The largest absolute Gasteiger partial charge is 0.485 e. The molecular formula is C27H23NO3. The number of benzene rings is 3. The van der Waals surface area contributed by atoms with Crippen LogP contribution in [0.2, 0.25) is 0 Å². The molecule has 0 spiro atoms. The SMILES string of the molecule is C=CCc1ccccc1OCc1ccc(C(=O)Nc2ccc(-c3ccccc3)cc2)o1. The van der Waals surface area contributed by atoms with Gasteiger partial charge in [-0.25, -0.2) is 0 Å². The minimum atomic E-state index is -0.300. The molecule has 0 aliphatic heterocycles. The number of amides is 1. The molecule has 31 heavy (non-hydrogen) atoms. The Labute approximate surface area is 181 Å². The third kappa shape index (κ3) is 5.11. The summed E-state index contributed by atoms with van der Waals surface area (Å²) in [5.41, 5.74) is 3.98. The number of carbonyl (C=O) groups is 1. The van der Waals surface area contributed by atoms with Crippen LogP contribution in [0.1, 0.15) is 21.9 Å². The lowest BCUT2D eigenvalue weighted by Crippen LogP contribution is -2.10. The van der Waals surface area contributed by atoms with Crippen LogP contribution in [0, 0.1) is 0 Å². The molecule has 0 atom stereocenters. The van der Waals surface area contributed by atoms with Crippen LogP contribution in [0.25, 0.3) is 11.1 Å². The van der Waals surface area contributed by atoms with E-state index in [4.69, 9.17) is 9.15 Å². The van der Waals surface area contributed by atoms with Gasteiger partial charge in [0.25, 0.3) is 5.91 Å². The number of ether oxygens (including phenoxy) is 1. The van der Waals surface area contributed by atoms with Crippen LogP contribution in [-0.4, -0.2) is 5.91 Å². The van der Waals surface area contributed by atoms with Crippen LogP contribution in [0.4, 0.5) is 5.69 Å². The molecule has 3 aromatic carbocycles. The Morgan fingerprint density at radius 1 is 0.871 bits per heavy atom. The predicted molar refractivity (Wildman–Crippen MR) is 123 cm³/mol. The van der Waals surface area contributed by atoms with Crippen LogP contribution >= 0.6 is 0 Å². The molecule has 1 N–H and O–H groups in total. The van der Waals surface area contributed by atoms with Gasteiger partial charge in [-0.05, 0) is 53.4 Å². The minimum absolute atomic E-state index is 0.241. The quantitative estimate of drug-likeness (QED) is 0.338. The first-order chi connectivity index (χ1) is 15.2. The molecule has 0 aliphatic rings. The van der Waals surface area contributed by atoms with Crippen LogP contribution in [0.5, 0.6) is 5.75 Å². The fourth-order valence-corrected chi connectivity index (χ4v) is 3.26. The Morgan fingerprint density at radius 3 is 2.35 bits per heavy atom. The summed E-state index contributed by atoms with van der Waals surface area (Å²) in [5.74, 6) is 1.30. The van der Waals surface area contributed by atoms with Crippen molar-refractivity contribution in [2.75, 3.05) is 5.32 Å². The lowest BCUT2D eigenvalue weighted by atomic mass is 10.1. The van der Waals surface area contributed by atoms with Crippen molar-refractivity contribution in [3.63, 3.8) is 0 Å². The third-order valence-electron chi connectivity index (χ3n) is 4.84. The highest BCUT2D eigenvalue weighted by atomic mass is 16.5. The molecule has 4 aromatic rings. The first kappa shape index (κ1) is 20.2. The molecule has 0 bridgehead atoms. The van der Waals surface area contributed by atoms with Crippen molar-refractivity contribution >= 4 is 11.6 Å². The van der Waals surface area contributed by atoms with Gasteiger partial charge in [0.2, 0.25) is 0 Å². The number of allylic oxidation sites excluding steroid dienone is 1. The molecule has 0 saturated carbocycles. The Kier molecular flexibility index (Phi) is 6.29. The summed E-state index contributed by atoms with van der Waals surface area (Å²) in [6, 6.07) is 29.0. The number of nitrogens with one attached hydrogen (secondary N) is 1. The van der Waals surface area contributed by atoms with Gasteiger partial charge in [0.15, 0.2) is 5.76 Å². The maximum atomic E-state index is 12.5. The Morgan fingerprint density at radius 2 is 1.58 bits per heavy atom. The summed E-state index contributed by atoms with van der Waals surface area (Å²) >= 11 is 0.